The molecule has 130 valence electrons. The molecule has 0 unspecified atom stereocenters. The smallest absolute Gasteiger partial charge is 0.438 e. The Morgan fingerprint density at radius 2 is 1.87 bits per heavy atom. The maximum atomic E-state index is 11.4. The molecule has 1 fully saturated rings. The number of hydrogen-bond acceptors (Lipinski definition) is 6. The van der Waals surface area contributed by atoms with Gasteiger partial charge in [-0.1, -0.05) is 6.58 Å². The van der Waals surface area contributed by atoms with Crippen LogP contribution in [-0.4, -0.2) is 43.1 Å². The van der Waals surface area contributed by atoms with Crippen molar-refractivity contribution in [2.75, 3.05) is 7.11 Å². The summed E-state index contributed by atoms with van der Waals surface area (Å²) in [4.78, 5) is 22.8. The number of carbonyl (C=O) groups is 2. The third-order valence-electron chi connectivity index (χ3n) is 3.59. The summed E-state index contributed by atoms with van der Waals surface area (Å²) in [6.45, 7) is 12.4. The fourth-order valence-electron chi connectivity index (χ4n) is 2.28. The molecule has 0 bridgehead atoms. The first-order chi connectivity index (χ1) is 10.6. The van der Waals surface area contributed by atoms with Gasteiger partial charge in [-0.2, -0.15) is 0 Å². The zero-order valence-electron chi connectivity index (χ0n) is 14.7. The standard InChI is InChI=1S/C17H26O6/c1-10(2)13(21-16(19)20-7)9-15-14(8-11(3)12(4)18)22-17(5,6)23-15/h8,13-15H,1,9H2,2-7H3/b11-8+/t13-,14-,15-/m0/s1. The van der Waals surface area contributed by atoms with Gasteiger partial charge in [-0.25, -0.2) is 4.79 Å². The largest absolute Gasteiger partial charge is 0.508 e. The molecule has 1 aliphatic rings. The molecule has 0 aliphatic carbocycles. The summed E-state index contributed by atoms with van der Waals surface area (Å²) in [7, 11) is 1.25. The van der Waals surface area contributed by atoms with Crippen molar-refractivity contribution in [3.8, 4) is 0 Å². The zero-order chi connectivity index (χ0) is 17.8. The predicted molar refractivity (Wildman–Crippen MR) is 85.0 cm³/mol. The van der Waals surface area contributed by atoms with Gasteiger partial charge in [-0.15, -0.1) is 0 Å². The molecule has 0 spiro atoms. The maximum absolute atomic E-state index is 11.4. The van der Waals surface area contributed by atoms with Crippen LogP contribution in [0.15, 0.2) is 23.8 Å². The van der Waals surface area contributed by atoms with Crippen LogP contribution >= 0.6 is 0 Å². The lowest BCUT2D eigenvalue weighted by Gasteiger charge is -2.22. The topological polar surface area (TPSA) is 71.1 Å². The van der Waals surface area contributed by atoms with Crippen molar-refractivity contribution >= 4 is 11.9 Å². The van der Waals surface area contributed by atoms with E-state index in [-0.39, 0.29) is 11.9 Å². The Balaban J connectivity index is 2.92. The van der Waals surface area contributed by atoms with Crippen molar-refractivity contribution in [2.24, 2.45) is 0 Å². The van der Waals surface area contributed by atoms with Gasteiger partial charge >= 0.3 is 6.16 Å². The van der Waals surface area contributed by atoms with Crippen molar-refractivity contribution in [3.05, 3.63) is 23.8 Å². The minimum atomic E-state index is -0.784. The lowest BCUT2D eigenvalue weighted by atomic mass is 10.0. The summed E-state index contributed by atoms with van der Waals surface area (Å²) in [5.74, 6) is -0.812. The van der Waals surface area contributed by atoms with Crippen molar-refractivity contribution in [1.29, 1.82) is 0 Å². The highest BCUT2D eigenvalue weighted by Gasteiger charge is 2.42. The first-order valence-electron chi connectivity index (χ1n) is 7.50. The quantitative estimate of drug-likeness (QED) is 0.424. The maximum Gasteiger partial charge on any atom is 0.508 e. The first kappa shape index (κ1) is 19.4. The Bertz CT molecular complexity index is 505. The average Bonchev–Trinajstić information content (AvgIpc) is 2.71. The van der Waals surface area contributed by atoms with Crippen LogP contribution in [0.5, 0.6) is 0 Å². The molecule has 23 heavy (non-hydrogen) atoms. The molecular weight excluding hydrogens is 300 g/mol. The Morgan fingerprint density at radius 3 is 2.35 bits per heavy atom. The Kier molecular flexibility index (Phi) is 6.53. The zero-order valence-corrected chi connectivity index (χ0v) is 14.7. The van der Waals surface area contributed by atoms with E-state index in [1.807, 2.05) is 0 Å². The molecule has 1 aliphatic heterocycles. The van der Waals surface area contributed by atoms with Gasteiger partial charge in [0.15, 0.2) is 11.6 Å². The number of carbonyl (C=O) groups excluding carboxylic acids is 2. The normalized spacial score (nSPS) is 24.9. The predicted octanol–water partition coefficient (Wildman–Crippen LogP) is 3.16. The summed E-state index contributed by atoms with van der Waals surface area (Å²) in [5.41, 5.74) is 1.27. The Hall–Kier alpha value is -1.66. The Morgan fingerprint density at radius 1 is 1.26 bits per heavy atom. The van der Waals surface area contributed by atoms with Gasteiger partial charge < -0.3 is 18.9 Å². The van der Waals surface area contributed by atoms with Crippen LogP contribution in [0.4, 0.5) is 4.79 Å². The second kappa shape index (κ2) is 7.75. The molecule has 0 aromatic rings. The van der Waals surface area contributed by atoms with E-state index in [2.05, 4.69) is 11.3 Å². The molecule has 1 heterocycles. The van der Waals surface area contributed by atoms with Gasteiger partial charge in [-0.3, -0.25) is 4.79 Å². The summed E-state index contributed by atoms with van der Waals surface area (Å²) < 4.78 is 21.5. The van der Waals surface area contributed by atoms with E-state index in [1.54, 1.807) is 33.8 Å². The molecule has 6 heteroatoms. The van der Waals surface area contributed by atoms with Crippen molar-refractivity contribution in [3.63, 3.8) is 0 Å². The molecule has 1 rings (SSSR count). The lowest BCUT2D eigenvalue weighted by molar-refractivity contribution is -0.145. The minimum absolute atomic E-state index is 0.0284. The van der Waals surface area contributed by atoms with E-state index in [0.29, 0.717) is 17.6 Å². The van der Waals surface area contributed by atoms with Gasteiger partial charge in [0.25, 0.3) is 0 Å². The second-order valence-electron chi connectivity index (χ2n) is 6.19. The molecule has 0 N–H and O–H groups in total. The monoisotopic (exact) mass is 326 g/mol. The van der Waals surface area contributed by atoms with Crippen LogP contribution in [0.25, 0.3) is 0 Å². The van der Waals surface area contributed by atoms with E-state index in [4.69, 9.17) is 14.2 Å². The fraction of sp³-hybridized carbons (Fsp3) is 0.647. The molecule has 0 saturated carbocycles. The van der Waals surface area contributed by atoms with Crippen molar-refractivity contribution in [1.82, 2.24) is 0 Å². The SMILES string of the molecule is C=C(C)[C@H](C[C@@H]1OC(C)(C)O[C@H]1/C=C(\C)C(C)=O)OC(=O)OC. The molecule has 0 aromatic carbocycles. The minimum Gasteiger partial charge on any atom is -0.438 e. The van der Waals surface area contributed by atoms with Crippen LogP contribution in [0.1, 0.15) is 41.0 Å². The summed E-state index contributed by atoms with van der Waals surface area (Å²) >= 11 is 0. The highest BCUT2D eigenvalue weighted by atomic mass is 16.8. The number of hydrogen-bond donors (Lipinski definition) is 0. The molecule has 0 aromatic heterocycles. The molecule has 6 nitrogen and oxygen atoms in total. The van der Waals surface area contributed by atoms with Gasteiger partial charge in [0.2, 0.25) is 0 Å². The van der Waals surface area contributed by atoms with E-state index in [1.165, 1.54) is 14.0 Å². The van der Waals surface area contributed by atoms with E-state index >= 15 is 0 Å². The third-order valence-corrected chi connectivity index (χ3v) is 3.59. The molecule has 0 radical (unpaired) electrons. The van der Waals surface area contributed by atoms with Gasteiger partial charge in [0.1, 0.15) is 12.2 Å². The van der Waals surface area contributed by atoms with E-state index in [9.17, 15) is 9.59 Å². The molecular formula is C17H26O6. The van der Waals surface area contributed by atoms with Crippen LogP contribution < -0.4 is 0 Å². The van der Waals surface area contributed by atoms with Gasteiger partial charge in [-0.05, 0) is 51.8 Å². The lowest BCUT2D eigenvalue weighted by Crippen LogP contribution is -2.30. The van der Waals surface area contributed by atoms with Crippen LogP contribution in [0, 0.1) is 0 Å². The highest BCUT2D eigenvalue weighted by molar-refractivity contribution is 5.92. The number of rotatable bonds is 6. The van der Waals surface area contributed by atoms with Crippen LogP contribution in [-0.2, 0) is 23.7 Å². The third kappa shape index (κ3) is 5.80. The van der Waals surface area contributed by atoms with Gasteiger partial charge in [0.05, 0.1) is 13.2 Å². The van der Waals surface area contributed by atoms with Crippen LogP contribution in [0.2, 0.25) is 0 Å². The number of Topliss-reactive ketones (excluding diaryl/α,β-unsaturated/α-hetero) is 1. The summed E-state index contributed by atoms with van der Waals surface area (Å²) in [6, 6.07) is 0. The van der Waals surface area contributed by atoms with Crippen molar-refractivity contribution in [2.45, 2.75) is 65.1 Å². The summed E-state index contributed by atoms with van der Waals surface area (Å²) in [5, 5.41) is 0. The molecule has 1 saturated heterocycles. The van der Waals surface area contributed by atoms with E-state index < -0.39 is 24.2 Å². The van der Waals surface area contributed by atoms with Crippen LogP contribution in [0.3, 0.4) is 0 Å². The number of methoxy groups -OCH3 is 1. The molecule has 0 amide bonds. The summed E-state index contributed by atoms with van der Waals surface area (Å²) in [6.07, 6.45) is -0.000375. The van der Waals surface area contributed by atoms with Gasteiger partial charge in [0, 0.05) is 6.42 Å². The number of ether oxygens (including phenoxy) is 4. The number of ketones is 1. The first-order valence-corrected chi connectivity index (χ1v) is 7.50. The fourth-order valence-corrected chi connectivity index (χ4v) is 2.28. The molecule has 3 atom stereocenters. The average molecular weight is 326 g/mol. The Labute approximate surface area is 137 Å². The second-order valence-corrected chi connectivity index (χ2v) is 6.19. The van der Waals surface area contributed by atoms with E-state index in [0.717, 1.165) is 0 Å². The highest BCUT2D eigenvalue weighted by Crippen LogP contribution is 2.33. The van der Waals surface area contributed by atoms with Crippen molar-refractivity contribution < 1.29 is 28.5 Å². The number of allylic oxidation sites excluding steroid dienone is 1.